The lowest BCUT2D eigenvalue weighted by molar-refractivity contribution is 0.00102. The van der Waals surface area contributed by atoms with Crippen LogP contribution in [0.1, 0.15) is 67.7 Å². The van der Waals surface area contributed by atoms with Gasteiger partial charge in [0.05, 0.1) is 13.2 Å². The van der Waals surface area contributed by atoms with Crippen molar-refractivity contribution in [3.8, 4) is 0 Å². The molecule has 0 N–H and O–H groups in total. The van der Waals surface area contributed by atoms with Crippen molar-refractivity contribution < 1.29 is 4.74 Å². The van der Waals surface area contributed by atoms with Crippen LogP contribution in [0, 0.1) is 0 Å². The summed E-state index contributed by atoms with van der Waals surface area (Å²) in [5, 5.41) is 0. The zero-order valence-corrected chi connectivity index (χ0v) is 17.2. The number of nitrogens with zero attached hydrogens (tertiary/aromatic N) is 2. The van der Waals surface area contributed by atoms with Crippen LogP contribution >= 0.6 is 0 Å². The van der Waals surface area contributed by atoms with Gasteiger partial charge in [-0.1, -0.05) is 47.1 Å². The molecule has 2 saturated heterocycles. The first-order valence-electron chi connectivity index (χ1n) is 9.94. The number of morpholine rings is 1. The second-order valence-electron chi connectivity index (χ2n) is 5.43. The molecule has 0 aromatic heterocycles. The Hall–Kier alpha value is -0.380. The minimum atomic E-state index is 0.806. The highest BCUT2D eigenvalue weighted by molar-refractivity contribution is 4.90. The Kier molecular flexibility index (Phi) is 19.4. The van der Waals surface area contributed by atoms with Crippen LogP contribution in [0.3, 0.4) is 0 Å². The maximum atomic E-state index is 5.41. The molecule has 0 radical (unpaired) electrons. The van der Waals surface area contributed by atoms with Gasteiger partial charge in [0.1, 0.15) is 0 Å². The van der Waals surface area contributed by atoms with Crippen LogP contribution in [0.15, 0.2) is 12.2 Å². The minimum absolute atomic E-state index is 0.806. The van der Waals surface area contributed by atoms with Crippen LogP contribution in [0.25, 0.3) is 0 Å². The van der Waals surface area contributed by atoms with E-state index < -0.39 is 0 Å². The van der Waals surface area contributed by atoms with Gasteiger partial charge in [-0.05, 0) is 39.3 Å². The molecular weight excluding hydrogens is 284 g/mol. The predicted molar refractivity (Wildman–Crippen MR) is 105 cm³/mol. The Morgan fingerprint density at radius 2 is 1.39 bits per heavy atom. The Morgan fingerprint density at radius 1 is 0.913 bits per heavy atom. The van der Waals surface area contributed by atoms with E-state index in [9.17, 15) is 0 Å². The molecule has 0 aliphatic carbocycles. The van der Waals surface area contributed by atoms with Crippen LogP contribution < -0.4 is 0 Å². The van der Waals surface area contributed by atoms with E-state index in [-0.39, 0.29) is 0 Å². The molecule has 3 nitrogen and oxygen atoms in total. The van der Waals surface area contributed by atoms with Crippen LogP contribution in [0.2, 0.25) is 0 Å². The summed E-state index contributed by atoms with van der Waals surface area (Å²) in [5.41, 5.74) is 1.31. The van der Waals surface area contributed by atoms with Crippen LogP contribution in [0.4, 0.5) is 0 Å². The second kappa shape index (κ2) is 18.0. The predicted octanol–water partition coefficient (Wildman–Crippen LogP) is 4.83. The van der Waals surface area contributed by atoms with Gasteiger partial charge in [0, 0.05) is 25.7 Å². The molecule has 0 saturated carbocycles. The maximum Gasteiger partial charge on any atom is 0.0594 e. The molecular formula is C20H44N2O. The number of rotatable bonds is 4. The third-order valence-electron chi connectivity index (χ3n) is 3.97. The standard InChI is InChI=1S/C14H26N2O.3C2H6/c1-13(2)3-6-15-7-4-14(5-8-15)16-9-11-17-12-10-16;3*1-2/h14H,1,3-12H2,2H3;3*1-2H3. The van der Waals surface area contributed by atoms with E-state index in [1.165, 1.54) is 38.0 Å². The monoisotopic (exact) mass is 328 g/mol. The summed E-state index contributed by atoms with van der Waals surface area (Å²) in [5.74, 6) is 0. The van der Waals surface area contributed by atoms with Crippen molar-refractivity contribution in [1.29, 1.82) is 0 Å². The zero-order valence-electron chi connectivity index (χ0n) is 17.2. The number of hydrogen-bond donors (Lipinski definition) is 0. The van der Waals surface area contributed by atoms with Gasteiger partial charge in [-0.3, -0.25) is 4.90 Å². The highest BCUT2D eigenvalue weighted by Gasteiger charge is 2.25. The fraction of sp³-hybridized carbons (Fsp3) is 0.900. The van der Waals surface area contributed by atoms with Gasteiger partial charge in [0.25, 0.3) is 0 Å². The van der Waals surface area contributed by atoms with E-state index in [0.29, 0.717) is 0 Å². The molecule has 140 valence electrons. The van der Waals surface area contributed by atoms with Crippen molar-refractivity contribution >= 4 is 0 Å². The molecule has 3 heteroatoms. The third kappa shape index (κ3) is 11.7. The van der Waals surface area contributed by atoms with Crippen LogP contribution in [0.5, 0.6) is 0 Å². The molecule has 0 bridgehead atoms. The summed E-state index contributed by atoms with van der Waals surface area (Å²) in [6, 6.07) is 0.806. The Balaban J connectivity index is 0. The average Bonchev–Trinajstić information content (AvgIpc) is 2.66. The van der Waals surface area contributed by atoms with E-state index in [1.807, 2.05) is 41.5 Å². The molecule has 0 atom stereocenters. The maximum absolute atomic E-state index is 5.41. The average molecular weight is 329 g/mol. The highest BCUT2D eigenvalue weighted by Crippen LogP contribution is 2.18. The first-order valence-corrected chi connectivity index (χ1v) is 9.94. The number of piperidine rings is 1. The van der Waals surface area contributed by atoms with Gasteiger partial charge >= 0.3 is 0 Å². The molecule has 0 aromatic carbocycles. The summed E-state index contributed by atoms with van der Waals surface area (Å²) in [4.78, 5) is 5.21. The molecule has 2 aliphatic rings. The first kappa shape index (κ1) is 24.9. The van der Waals surface area contributed by atoms with E-state index >= 15 is 0 Å². The second-order valence-corrected chi connectivity index (χ2v) is 5.43. The summed E-state index contributed by atoms with van der Waals surface area (Å²) in [6.45, 7) is 25.9. The fourth-order valence-electron chi connectivity index (χ4n) is 2.80. The summed E-state index contributed by atoms with van der Waals surface area (Å²) < 4.78 is 5.41. The van der Waals surface area contributed by atoms with E-state index in [0.717, 1.165) is 38.8 Å². The van der Waals surface area contributed by atoms with Crippen molar-refractivity contribution in [1.82, 2.24) is 9.80 Å². The molecule has 0 unspecified atom stereocenters. The highest BCUT2D eigenvalue weighted by atomic mass is 16.5. The SMILES string of the molecule is C=C(C)CCN1CCC(N2CCOCC2)CC1.CC.CC.CC. The van der Waals surface area contributed by atoms with Crippen molar-refractivity contribution in [3.05, 3.63) is 12.2 Å². The van der Waals surface area contributed by atoms with E-state index in [1.54, 1.807) is 0 Å². The molecule has 0 spiro atoms. The van der Waals surface area contributed by atoms with E-state index in [2.05, 4.69) is 23.3 Å². The number of likely N-dealkylation sites (tertiary alicyclic amines) is 1. The van der Waals surface area contributed by atoms with Crippen LogP contribution in [-0.2, 0) is 4.74 Å². The molecule has 23 heavy (non-hydrogen) atoms. The van der Waals surface area contributed by atoms with Gasteiger partial charge in [0.2, 0.25) is 0 Å². The van der Waals surface area contributed by atoms with Crippen LogP contribution in [-0.4, -0.2) is 61.8 Å². The molecule has 2 rings (SSSR count). The van der Waals surface area contributed by atoms with Crippen molar-refractivity contribution in [2.24, 2.45) is 0 Å². The van der Waals surface area contributed by atoms with Crippen molar-refractivity contribution in [2.45, 2.75) is 73.8 Å². The summed E-state index contributed by atoms with van der Waals surface area (Å²) in [6.07, 6.45) is 3.81. The lowest BCUT2D eigenvalue weighted by atomic mass is 10.0. The third-order valence-corrected chi connectivity index (χ3v) is 3.97. The lowest BCUT2D eigenvalue weighted by Crippen LogP contribution is -2.49. The van der Waals surface area contributed by atoms with Crippen molar-refractivity contribution in [2.75, 3.05) is 45.9 Å². The summed E-state index contributed by atoms with van der Waals surface area (Å²) in [7, 11) is 0. The Labute approximate surface area is 147 Å². The first-order chi connectivity index (χ1) is 11.3. The number of ether oxygens (including phenoxy) is 1. The molecule has 2 aliphatic heterocycles. The number of hydrogen-bond acceptors (Lipinski definition) is 3. The molecule has 2 fully saturated rings. The molecule has 0 aromatic rings. The van der Waals surface area contributed by atoms with Gasteiger partial charge in [-0.15, -0.1) is 6.58 Å². The van der Waals surface area contributed by atoms with Gasteiger partial charge in [0.15, 0.2) is 0 Å². The molecule has 2 heterocycles. The quantitative estimate of drug-likeness (QED) is 0.688. The van der Waals surface area contributed by atoms with Gasteiger partial charge in [-0.2, -0.15) is 0 Å². The smallest absolute Gasteiger partial charge is 0.0594 e. The minimum Gasteiger partial charge on any atom is -0.379 e. The van der Waals surface area contributed by atoms with Gasteiger partial charge < -0.3 is 9.64 Å². The van der Waals surface area contributed by atoms with Gasteiger partial charge in [-0.25, -0.2) is 0 Å². The fourth-order valence-corrected chi connectivity index (χ4v) is 2.80. The Morgan fingerprint density at radius 3 is 1.83 bits per heavy atom. The topological polar surface area (TPSA) is 15.7 Å². The van der Waals surface area contributed by atoms with E-state index in [4.69, 9.17) is 4.74 Å². The summed E-state index contributed by atoms with van der Waals surface area (Å²) >= 11 is 0. The zero-order chi connectivity index (χ0) is 18.1. The Bertz CT molecular complexity index is 242. The molecule has 0 amide bonds. The van der Waals surface area contributed by atoms with Crippen molar-refractivity contribution in [3.63, 3.8) is 0 Å². The normalized spacial score (nSPS) is 19.3. The lowest BCUT2D eigenvalue weighted by Gasteiger charge is -2.40. The largest absolute Gasteiger partial charge is 0.379 e.